The Morgan fingerprint density at radius 3 is 1.45 bits per heavy atom. The molecular weight excluding hydrogens is 744 g/mol. The van der Waals surface area contributed by atoms with Crippen molar-refractivity contribution in [2.75, 3.05) is 13.7 Å². The first kappa shape index (κ1) is 40.5. The minimum atomic E-state index is -2.39. The molecule has 4 fully saturated rings. The summed E-state index contributed by atoms with van der Waals surface area (Å²) >= 11 is 0. The van der Waals surface area contributed by atoms with Crippen LogP contribution < -0.4 is 0 Å². The van der Waals surface area contributed by atoms with E-state index in [1.807, 2.05) is 0 Å². The Morgan fingerprint density at radius 1 is 0.589 bits per heavy atom. The monoisotopic (exact) mass is 778 g/mol. The molecule has 0 spiro atoms. The largest absolute Gasteiger partial charge is 0.420 e. The molecule has 0 atom stereocenters. The maximum absolute atomic E-state index is 12.8. The first-order valence-corrected chi connectivity index (χ1v) is 16.6. The van der Waals surface area contributed by atoms with Crippen molar-refractivity contribution in [1.82, 2.24) is 0 Å². The molecule has 0 aliphatic carbocycles. The molecule has 18 nitrogen and oxygen atoms in total. The zero-order valence-corrected chi connectivity index (χ0v) is 30.3. The first-order chi connectivity index (χ1) is 26.4. The van der Waals surface area contributed by atoms with Gasteiger partial charge in [-0.05, 0) is 49.3 Å². The van der Waals surface area contributed by atoms with Crippen molar-refractivity contribution in [3.63, 3.8) is 0 Å². The van der Waals surface area contributed by atoms with Gasteiger partial charge >= 0.3 is 53.7 Å². The molecule has 1 N–H and O–H groups in total. The number of aliphatic hydroxyl groups is 1. The molecule has 56 heavy (non-hydrogen) atoms. The molecule has 18 heteroatoms. The number of allylic oxidation sites excluding steroid dienone is 8. The van der Waals surface area contributed by atoms with Gasteiger partial charge in [-0.2, -0.15) is 0 Å². The van der Waals surface area contributed by atoms with E-state index in [9.17, 15) is 43.5 Å². The number of methoxy groups -OCH3 is 1. The van der Waals surface area contributed by atoms with E-state index in [4.69, 9.17) is 33.2 Å². The zero-order chi connectivity index (χ0) is 40.9. The highest BCUT2D eigenvalue weighted by atomic mass is 16.8. The number of ether oxygens (including phenoxy) is 9. The summed E-state index contributed by atoms with van der Waals surface area (Å²) in [4.78, 5) is 99.5. The number of carbonyl (C=O) groups is 8. The third-order valence-electron chi connectivity index (χ3n) is 8.11. The van der Waals surface area contributed by atoms with Gasteiger partial charge in [0.05, 0.1) is 0 Å². The molecule has 4 heterocycles. The maximum atomic E-state index is 12.8. The van der Waals surface area contributed by atoms with Crippen LogP contribution in [0.1, 0.15) is 48.7 Å². The van der Waals surface area contributed by atoms with Crippen molar-refractivity contribution in [1.29, 1.82) is 0 Å². The number of cyclic esters (lactones) is 8. The average Bonchev–Trinajstić information content (AvgIpc) is 3.08. The molecule has 4 aliphatic rings. The molecule has 294 valence electrons. The molecule has 0 saturated carbocycles. The smallest absolute Gasteiger partial charge is 0.370 e. The number of benzene rings is 1. The molecule has 4 saturated heterocycles. The van der Waals surface area contributed by atoms with Gasteiger partial charge < -0.3 is 47.7 Å². The molecule has 5 rings (SSSR count). The number of esters is 8. The van der Waals surface area contributed by atoms with Crippen molar-refractivity contribution in [3.8, 4) is 0 Å². The highest BCUT2D eigenvalue weighted by molar-refractivity contribution is 6.16. The van der Waals surface area contributed by atoms with Crippen LogP contribution in [0.3, 0.4) is 0 Å². The third-order valence-corrected chi connectivity index (χ3v) is 8.11. The normalized spacial score (nSPS) is 28.5. The van der Waals surface area contributed by atoms with Gasteiger partial charge in [0, 0.05) is 32.1 Å². The van der Waals surface area contributed by atoms with Gasteiger partial charge in [0.1, 0.15) is 17.8 Å². The molecule has 0 aromatic heterocycles. The Hall–Kier alpha value is -6.66. The van der Waals surface area contributed by atoms with E-state index < -0.39 is 95.1 Å². The Labute approximate surface area is 317 Å². The Balaban J connectivity index is 1.17. The summed E-state index contributed by atoms with van der Waals surface area (Å²) in [6, 6.07) is 3.03. The van der Waals surface area contributed by atoms with Crippen molar-refractivity contribution in [2.45, 2.75) is 52.0 Å². The van der Waals surface area contributed by atoms with Crippen LogP contribution in [0.5, 0.6) is 0 Å². The second-order valence-electron chi connectivity index (χ2n) is 12.7. The Bertz CT molecular complexity index is 1980. The summed E-state index contributed by atoms with van der Waals surface area (Å²) in [5.41, 5.74) is 0.503. The Kier molecular flexibility index (Phi) is 11.8. The molecule has 1 aromatic rings. The molecule has 0 unspecified atom stereocenters. The number of carbonyl (C=O) groups excluding carboxylic acids is 8. The van der Waals surface area contributed by atoms with E-state index in [1.165, 1.54) is 74.8 Å². The highest BCUT2D eigenvalue weighted by Gasteiger charge is 2.45. The maximum Gasteiger partial charge on any atom is 0.370 e. The molecule has 0 radical (unpaired) electrons. The van der Waals surface area contributed by atoms with Crippen LogP contribution in [0, 0.1) is 25.7 Å². The van der Waals surface area contributed by atoms with Gasteiger partial charge in [0.15, 0.2) is 11.8 Å². The molecule has 1 aromatic carbocycles. The van der Waals surface area contributed by atoms with Crippen molar-refractivity contribution in [3.05, 3.63) is 106 Å². The van der Waals surface area contributed by atoms with Gasteiger partial charge in [-0.25, -0.2) is 19.2 Å². The summed E-state index contributed by atoms with van der Waals surface area (Å²) in [5.74, 6) is -14.5. The molecular formula is C38H34O18. The van der Waals surface area contributed by atoms with E-state index in [0.29, 0.717) is 11.1 Å². The van der Waals surface area contributed by atoms with Gasteiger partial charge in [-0.1, -0.05) is 48.6 Å². The van der Waals surface area contributed by atoms with Crippen LogP contribution in [-0.4, -0.2) is 78.3 Å². The second-order valence-corrected chi connectivity index (χ2v) is 12.7. The van der Waals surface area contributed by atoms with Crippen molar-refractivity contribution < 1.29 is 86.1 Å². The number of rotatable bonds is 10. The lowest BCUT2D eigenvalue weighted by atomic mass is 9.98. The van der Waals surface area contributed by atoms with Gasteiger partial charge in [-0.15, -0.1) is 0 Å². The van der Waals surface area contributed by atoms with Crippen LogP contribution in [0.25, 0.3) is 0 Å². The summed E-state index contributed by atoms with van der Waals surface area (Å²) in [5, 5.41) is 9.55. The number of hydrogen-bond donors (Lipinski definition) is 1. The summed E-state index contributed by atoms with van der Waals surface area (Å²) in [6.07, 6.45) is 9.48. The van der Waals surface area contributed by atoms with Gasteiger partial charge in [-0.3, -0.25) is 19.2 Å². The second kappa shape index (κ2) is 16.4. The fourth-order valence-electron chi connectivity index (χ4n) is 5.45. The number of hydrogen-bond acceptors (Lipinski definition) is 18. The predicted octanol–water partition coefficient (Wildman–Crippen LogP) is 2.04. The first-order valence-electron chi connectivity index (χ1n) is 16.6. The van der Waals surface area contributed by atoms with Crippen LogP contribution in [0.4, 0.5) is 0 Å². The van der Waals surface area contributed by atoms with E-state index >= 15 is 0 Å². The fourth-order valence-corrected chi connectivity index (χ4v) is 5.45. The fraction of sp³-hybridized carbons (Fsp3) is 0.316. The summed E-state index contributed by atoms with van der Waals surface area (Å²) in [6.45, 7) is 5.41. The van der Waals surface area contributed by atoms with E-state index in [0.717, 1.165) is 19.1 Å². The topological polar surface area (TPSA) is 240 Å². The molecule has 0 amide bonds. The predicted molar refractivity (Wildman–Crippen MR) is 181 cm³/mol. The van der Waals surface area contributed by atoms with Crippen LogP contribution >= 0.6 is 0 Å². The minimum Gasteiger partial charge on any atom is -0.420 e. The minimum absolute atomic E-state index is 0.150. The van der Waals surface area contributed by atoms with Crippen LogP contribution in [0.2, 0.25) is 0 Å². The van der Waals surface area contributed by atoms with Crippen LogP contribution in [-0.2, 0) is 81.0 Å². The summed E-state index contributed by atoms with van der Waals surface area (Å²) in [7, 11) is 1.36. The average molecular weight is 779 g/mol. The lowest BCUT2D eigenvalue weighted by molar-refractivity contribution is -0.319. The van der Waals surface area contributed by atoms with E-state index in [1.54, 1.807) is 13.8 Å². The van der Waals surface area contributed by atoms with Crippen LogP contribution in [0.15, 0.2) is 84.0 Å². The Morgan fingerprint density at radius 2 is 1.00 bits per heavy atom. The lowest BCUT2D eigenvalue weighted by Crippen LogP contribution is -2.50. The van der Waals surface area contributed by atoms with E-state index in [-0.39, 0.29) is 17.7 Å². The van der Waals surface area contributed by atoms with E-state index in [2.05, 4.69) is 9.47 Å². The highest BCUT2D eigenvalue weighted by Crippen LogP contribution is 2.35. The molecule has 0 bridgehead atoms. The lowest BCUT2D eigenvalue weighted by Gasteiger charge is -2.34. The quantitative estimate of drug-likeness (QED) is 0.0892. The van der Waals surface area contributed by atoms with Gasteiger partial charge in [0.25, 0.3) is 18.4 Å². The van der Waals surface area contributed by atoms with Crippen molar-refractivity contribution in [2.24, 2.45) is 11.8 Å². The third kappa shape index (κ3) is 9.16. The standard InChI is InChI=1S/C38H34O18/c1-19-17-26(36-51-29(41)22(30(42)52-36)13-9-7-11-15-24-33(45)55-38(4,47)56-34(24)46)20(2)16-25(19)35-49-27(39)21(28(40)50-35)12-8-6-10-14-23-31(43)53-37(3,18-48-5)54-32(23)44/h6-17,22-23,35-36,47H,18H2,1-5H3/b8-6+,11-7+,13-9+,14-10+,21-12?,24-15?. The number of aryl methyl sites for hydroxylation is 2. The van der Waals surface area contributed by atoms with Crippen molar-refractivity contribution >= 4 is 47.8 Å². The van der Waals surface area contributed by atoms with Gasteiger partial charge in [0.2, 0.25) is 0 Å². The zero-order valence-electron chi connectivity index (χ0n) is 30.3. The molecule has 4 aliphatic heterocycles. The summed E-state index contributed by atoms with van der Waals surface area (Å²) < 4.78 is 45.8. The SMILES string of the molecule is COCC1(C)OC(=O)C(/C=C/C=C/C=C2C(=O)OC(c3cc(C)c(C4OC(=O)C(/C=C/C=C/C=C5C(=O)OC(C)(O)OC5=O)C(=O)O4)cc3C)OC2=O)C(=O)O1.